The highest BCUT2D eigenvalue weighted by molar-refractivity contribution is 6.02. The molecule has 1 aliphatic heterocycles. The van der Waals surface area contributed by atoms with Crippen LogP contribution in [0.1, 0.15) is 76.7 Å². The molecule has 0 spiro atoms. The molecule has 0 bridgehead atoms. The number of fused-ring (bicyclic) bond motifs is 2. The van der Waals surface area contributed by atoms with E-state index in [2.05, 4.69) is 17.8 Å². The van der Waals surface area contributed by atoms with Crippen LogP contribution in [-0.2, 0) is 14.3 Å². The average Bonchev–Trinajstić information content (AvgIpc) is 3.03. The van der Waals surface area contributed by atoms with Gasteiger partial charge in [0.1, 0.15) is 24.1 Å². The third kappa shape index (κ3) is 6.77. The molecule has 1 saturated carbocycles. The second-order valence-corrected chi connectivity index (χ2v) is 11.9. The number of aromatic hydroxyl groups is 1. The minimum atomic E-state index is -1.31. The Morgan fingerprint density at radius 3 is 2.59 bits per heavy atom. The summed E-state index contributed by atoms with van der Waals surface area (Å²) in [7, 11) is 1.38. The summed E-state index contributed by atoms with van der Waals surface area (Å²) >= 11 is 0. The molecular weight excluding hydrogens is 564 g/mol. The topological polar surface area (TPSA) is 130 Å². The van der Waals surface area contributed by atoms with Gasteiger partial charge in [0.25, 0.3) is 0 Å². The minimum absolute atomic E-state index is 0.106. The lowest BCUT2D eigenvalue weighted by Gasteiger charge is -2.59. The third-order valence-corrected chi connectivity index (χ3v) is 9.21. The molecule has 244 valence electrons. The number of amides is 1. The molecule has 1 fully saturated rings. The Morgan fingerprint density at radius 1 is 1.18 bits per heavy atom. The quantitative estimate of drug-likeness (QED) is 0.126. The second-order valence-electron chi connectivity index (χ2n) is 11.9. The fourth-order valence-electron chi connectivity index (χ4n) is 7.53. The number of allylic oxidation sites excluding steroid dienone is 1. The van der Waals surface area contributed by atoms with Gasteiger partial charge < -0.3 is 34.4 Å². The number of aliphatic hydroxyl groups is 2. The van der Waals surface area contributed by atoms with Crippen LogP contribution in [0.2, 0.25) is 0 Å². The van der Waals surface area contributed by atoms with E-state index in [0.29, 0.717) is 44.6 Å². The van der Waals surface area contributed by atoms with Crippen molar-refractivity contribution in [2.45, 2.75) is 83.0 Å². The molecule has 6 unspecified atom stereocenters. The molecule has 0 aromatic heterocycles. The molecule has 44 heavy (non-hydrogen) atoms. The van der Waals surface area contributed by atoms with E-state index in [1.165, 1.54) is 7.11 Å². The maximum Gasteiger partial charge on any atom is 0.409 e. The lowest BCUT2D eigenvalue weighted by Crippen LogP contribution is -2.70. The first-order valence-corrected chi connectivity index (χ1v) is 16.1. The van der Waals surface area contributed by atoms with Gasteiger partial charge in [-0.1, -0.05) is 37.1 Å². The van der Waals surface area contributed by atoms with Crippen LogP contribution in [0, 0.1) is 17.8 Å². The van der Waals surface area contributed by atoms with Gasteiger partial charge in [0.15, 0.2) is 0 Å². The number of ether oxygens (including phenoxy) is 3. The standard InChI is InChI=1S/C34H50N2O8/c1-5-16-36(33(40)41-4)30-22-28(35-43-7-3)26-20-23(12-8-10-17-37)25(13-9-11-18-38)31-27-21-24(39)14-15-29(27)44-34(30,32(26)31)42-19-6-2/h6,14-15,20-21,23,25,30-32,37-39H,2,5,7-13,16-19,22H2,1,3-4H3. The van der Waals surface area contributed by atoms with Crippen molar-refractivity contribution in [3.05, 3.63) is 48.1 Å². The van der Waals surface area contributed by atoms with E-state index in [1.54, 1.807) is 29.2 Å². The van der Waals surface area contributed by atoms with Gasteiger partial charge in [-0.15, -0.1) is 6.58 Å². The molecule has 4 rings (SSSR count). The molecular formula is C34H50N2O8. The summed E-state index contributed by atoms with van der Waals surface area (Å²) < 4.78 is 19.0. The molecule has 1 aromatic carbocycles. The Kier molecular flexibility index (Phi) is 12.1. The van der Waals surface area contributed by atoms with Crippen LogP contribution < -0.4 is 4.74 Å². The largest absolute Gasteiger partial charge is 0.508 e. The van der Waals surface area contributed by atoms with Gasteiger partial charge in [0.05, 0.1) is 25.3 Å². The molecule has 0 radical (unpaired) electrons. The maximum absolute atomic E-state index is 13.4. The summed E-state index contributed by atoms with van der Waals surface area (Å²) in [6.07, 6.45) is 9.29. The number of unbranched alkanes of at least 4 members (excludes halogenated alkanes) is 2. The molecule has 1 amide bonds. The van der Waals surface area contributed by atoms with Crippen LogP contribution in [0.15, 0.2) is 47.7 Å². The van der Waals surface area contributed by atoms with Crippen LogP contribution in [0.3, 0.4) is 0 Å². The highest BCUT2D eigenvalue weighted by Gasteiger charge is 2.65. The predicted octanol–water partition coefficient (Wildman–Crippen LogP) is 5.52. The van der Waals surface area contributed by atoms with Gasteiger partial charge in [-0.25, -0.2) is 4.79 Å². The molecule has 6 atom stereocenters. The van der Waals surface area contributed by atoms with Crippen molar-refractivity contribution in [1.82, 2.24) is 4.90 Å². The zero-order chi connectivity index (χ0) is 31.7. The van der Waals surface area contributed by atoms with Crippen molar-refractivity contribution < 1.29 is 39.2 Å². The number of phenols is 1. The first-order chi connectivity index (χ1) is 21.4. The number of hydrogen-bond donors (Lipinski definition) is 3. The first kappa shape index (κ1) is 33.8. The van der Waals surface area contributed by atoms with Gasteiger partial charge >= 0.3 is 6.09 Å². The minimum Gasteiger partial charge on any atom is -0.508 e. The predicted molar refractivity (Wildman–Crippen MR) is 168 cm³/mol. The van der Waals surface area contributed by atoms with E-state index < -0.39 is 23.8 Å². The summed E-state index contributed by atoms with van der Waals surface area (Å²) in [6, 6.07) is 4.58. The van der Waals surface area contributed by atoms with Crippen molar-refractivity contribution in [1.29, 1.82) is 0 Å². The normalized spacial score (nSPS) is 27.9. The fraction of sp³-hybridized carbons (Fsp3) is 0.647. The summed E-state index contributed by atoms with van der Waals surface area (Å²) in [5.74, 6) is -0.878. The zero-order valence-corrected chi connectivity index (χ0v) is 26.5. The van der Waals surface area contributed by atoms with Crippen LogP contribution in [0.25, 0.3) is 0 Å². The Morgan fingerprint density at radius 2 is 1.93 bits per heavy atom. The molecule has 3 aliphatic rings. The number of methoxy groups -OCH3 is 1. The first-order valence-electron chi connectivity index (χ1n) is 16.1. The van der Waals surface area contributed by atoms with Crippen molar-refractivity contribution >= 4 is 11.8 Å². The third-order valence-electron chi connectivity index (χ3n) is 9.21. The number of nitrogens with zero attached hydrogens (tertiary/aromatic N) is 2. The number of oxime groups is 1. The molecule has 10 heteroatoms. The Hall–Kier alpha value is -3.08. The Bertz CT molecular complexity index is 1190. The van der Waals surface area contributed by atoms with Gasteiger partial charge in [0.2, 0.25) is 5.79 Å². The van der Waals surface area contributed by atoms with E-state index in [0.717, 1.165) is 42.5 Å². The fourth-order valence-corrected chi connectivity index (χ4v) is 7.53. The van der Waals surface area contributed by atoms with E-state index in [4.69, 9.17) is 19.0 Å². The number of carbonyl (C=O) groups excluding carboxylic acids is 1. The number of rotatable bonds is 16. The Labute approximate surface area is 261 Å². The molecule has 3 N–H and O–H groups in total. The van der Waals surface area contributed by atoms with Crippen LogP contribution in [0.4, 0.5) is 4.79 Å². The second kappa shape index (κ2) is 15.8. The summed E-state index contributed by atoms with van der Waals surface area (Å²) in [5, 5.41) is 34.6. The molecule has 1 aromatic rings. The van der Waals surface area contributed by atoms with Gasteiger partial charge in [-0.2, -0.15) is 0 Å². The van der Waals surface area contributed by atoms with Crippen molar-refractivity contribution in [2.24, 2.45) is 22.9 Å². The van der Waals surface area contributed by atoms with E-state index in [9.17, 15) is 20.1 Å². The number of carbonyl (C=O) groups is 1. The molecule has 1 heterocycles. The number of phenolic OH excluding ortho intramolecular Hbond substituents is 1. The van der Waals surface area contributed by atoms with Crippen molar-refractivity contribution in [3.8, 4) is 11.5 Å². The molecule has 10 nitrogen and oxygen atoms in total. The number of aliphatic hydroxyl groups excluding tert-OH is 2. The van der Waals surface area contributed by atoms with Crippen LogP contribution in [-0.4, -0.2) is 83.9 Å². The lowest BCUT2D eigenvalue weighted by molar-refractivity contribution is -0.255. The van der Waals surface area contributed by atoms with E-state index in [-0.39, 0.29) is 43.3 Å². The molecule has 0 saturated heterocycles. The number of benzene rings is 1. The van der Waals surface area contributed by atoms with Crippen LogP contribution in [0.5, 0.6) is 11.5 Å². The van der Waals surface area contributed by atoms with Gasteiger partial charge in [-0.3, -0.25) is 4.90 Å². The summed E-state index contributed by atoms with van der Waals surface area (Å²) in [5.41, 5.74) is 2.59. The Balaban J connectivity index is 2.02. The highest BCUT2D eigenvalue weighted by atomic mass is 16.7. The van der Waals surface area contributed by atoms with E-state index in [1.807, 2.05) is 13.8 Å². The molecule has 2 aliphatic carbocycles. The van der Waals surface area contributed by atoms with Crippen molar-refractivity contribution in [2.75, 3.05) is 40.1 Å². The van der Waals surface area contributed by atoms with E-state index >= 15 is 0 Å². The monoisotopic (exact) mass is 614 g/mol. The van der Waals surface area contributed by atoms with Crippen molar-refractivity contribution in [3.63, 3.8) is 0 Å². The smallest absolute Gasteiger partial charge is 0.409 e. The summed E-state index contributed by atoms with van der Waals surface area (Å²) in [6.45, 7) is 9.05. The lowest BCUT2D eigenvalue weighted by atomic mass is 9.55. The zero-order valence-electron chi connectivity index (χ0n) is 26.5. The van der Waals surface area contributed by atoms with Gasteiger partial charge in [0, 0.05) is 37.7 Å². The SMILES string of the molecule is C=CCOC12Oc3ccc(O)cc3C3C(CCCCO)C(CCCCO)C=C(C(=NOCC)CC1N(CCC)C(=O)OC)C32. The van der Waals surface area contributed by atoms with Gasteiger partial charge in [-0.05, 0) is 74.6 Å². The number of hydrogen-bond acceptors (Lipinski definition) is 9. The average molecular weight is 615 g/mol. The highest BCUT2D eigenvalue weighted by Crippen LogP contribution is 2.61. The summed E-state index contributed by atoms with van der Waals surface area (Å²) in [4.78, 5) is 20.8. The van der Waals surface area contributed by atoms with Crippen LogP contribution >= 0.6 is 0 Å². The maximum atomic E-state index is 13.4.